The number of rotatable bonds is 2. The first-order valence-corrected chi connectivity index (χ1v) is 4.46. The molecule has 0 saturated carbocycles. The van der Waals surface area contributed by atoms with Gasteiger partial charge in [0.05, 0.1) is 7.11 Å². The van der Waals surface area contributed by atoms with Crippen LogP contribution < -0.4 is 0 Å². The van der Waals surface area contributed by atoms with E-state index in [9.17, 15) is 4.79 Å². The predicted octanol–water partition coefficient (Wildman–Crippen LogP) is 1.26. The summed E-state index contributed by atoms with van der Waals surface area (Å²) in [5.74, 6) is -0.321. The van der Waals surface area contributed by atoms with Gasteiger partial charge in [0.1, 0.15) is 0 Å². The van der Waals surface area contributed by atoms with Crippen molar-refractivity contribution in [2.45, 2.75) is 12.0 Å². The van der Waals surface area contributed by atoms with Crippen LogP contribution in [-0.4, -0.2) is 20.2 Å². The lowest BCUT2D eigenvalue weighted by Crippen LogP contribution is -2.48. The van der Waals surface area contributed by atoms with Crippen LogP contribution in [0.5, 0.6) is 0 Å². The van der Waals surface area contributed by atoms with E-state index in [1.165, 1.54) is 14.2 Å². The van der Waals surface area contributed by atoms with Crippen LogP contribution in [0.2, 0.25) is 0 Å². The highest BCUT2D eigenvalue weighted by Gasteiger charge is 2.50. The molecule has 0 N–H and O–H groups in total. The van der Waals surface area contributed by atoms with Gasteiger partial charge in [0.25, 0.3) is 0 Å². The van der Waals surface area contributed by atoms with Crippen molar-refractivity contribution in [1.29, 1.82) is 0 Å². The highest BCUT2D eigenvalue weighted by Crippen LogP contribution is 2.42. The average molecular weight is 192 g/mol. The Morgan fingerprint density at radius 3 is 2.64 bits per heavy atom. The maximum Gasteiger partial charge on any atom is 0.343 e. The second-order valence-corrected chi connectivity index (χ2v) is 3.36. The third-order valence-electron chi connectivity index (χ3n) is 2.76. The van der Waals surface area contributed by atoms with Crippen molar-refractivity contribution < 1.29 is 14.3 Å². The van der Waals surface area contributed by atoms with Crippen LogP contribution in [0.3, 0.4) is 0 Å². The molecule has 1 aromatic rings. The molecule has 0 aliphatic heterocycles. The number of fused-ring (bicyclic) bond motifs is 1. The lowest BCUT2D eigenvalue weighted by molar-refractivity contribution is -0.171. The van der Waals surface area contributed by atoms with E-state index in [4.69, 9.17) is 9.47 Å². The second-order valence-electron chi connectivity index (χ2n) is 3.36. The zero-order valence-electron chi connectivity index (χ0n) is 8.24. The molecule has 0 heterocycles. The Kier molecular flexibility index (Phi) is 2.04. The molecular weight excluding hydrogens is 180 g/mol. The van der Waals surface area contributed by atoms with E-state index in [2.05, 4.69) is 0 Å². The van der Waals surface area contributed by atoms with Crippen molar-refractivity contribution in [3.8, 4) is 0 Å². The van der Waals surface area contributed by atoms with Crippen LogP contribution in [0, 0.1) is 0 Å². The molecule has 1 unspecified atom stereocenters. The van der Waals surface area contributed by atoms with Crippen LogP contribution >= 0.6 is 0 Å². The van der Waals surface area contributed by atoms with Crippen molar-refractivity contribution in [1.82, 2.24) is 0 Å². The van der Waals surface area contributed by atoms with Gasteiger partial charge in [0.15, 0.2) is 5.60 Å². The Morgan fingerprint density at radius 1 is 1.36 bits per heavy atom. The smallest absolute Gasteiger partial charge is 0.343 e. The summed E-state index contributed by atoms with van der Waals surface area (Å²) >= 11 is 0. The summed E-state index contributed by atoms with van der Waals surface area (Å²) in [6.45, 7) is 0. The van der Waals surface area contributed by atoms with Crippen molar-refractivity contribution >= 4 is 5.97 Å². The largest absolute Gasteiger partial charge is 0.467 e. The van der Waals surface area contributed by atoms with E-state index >= 15 is 0 Å². The maximum absolute atomic E-state index is 11.6. The van der Waals surface area contributed by atoms with Gasteiger partial charge in [-0.2, -0.15) is 0 Å². The topological polar surface area (TPSA) is 35.5 Å². The standard InChI is InChI=1S/C11H12O3/c1-13-10(12)11(14-2)7-8-5-3-4-6-9(8)11/h3-6H,7H2,1-2H3. The predicted molar refractivity (Wildman–Crippen MR) is 50.8 cm³/mol. The number of hydrogen-bond donors (Lipinski definition) is 0. The van der Waals surface area contributed by atoms with Gasteiger partial charge in [-0.15, -0.1) is 0 Å². The molecule has 0 amide bonds. The molecule has 3 nitrogen and oxygen atoms in total. The Hall–Kier alpha value is -1.35. The van der Waals surface area contributed by atoms with E-state index in [1.807, 2.05) is 24.3 Å². The van der Waals surface area contributed by atoms with Crippen molar-refractivity contribution in [3.05, 3.63) is 35.4 Å². The highest BCUT2D eigenvalue weighted by atomic mass is 16.6. The summed E-state index contributed by atoms with van der Waals surface area (Å²) in [4.78, 5) is 11.6. The zero-order valence-corrected chi connectivity index (χ0v) is 8.24. The molecule has 1 aliphatic carbocycles. The molecule has 0 saturated heterocycles. The minimum Gasteiger partial charge on any atom is -0.467 e. The molecule has 14 heavy (non-hydrogen) atoms. The van der Waals surface area contributed by atoms with Gasteiger partial charge in [-0.1, -0.05) is 24.3 Å². The Balaban J connectivity index is 2.42. The maximum atomic E-state index is 11.6. The molecule has 0 aromatic heterocycles. The number of benzene rings is 1. The van der Waals surface area contributed by atoms with E-state index in [-0.39, 0.29) is 5.97 Å². The van der Waals surface area contributed by atoms with Crippen molar-refractivity contribution in [3.63, 3.8) is 0 Å². The van der Waals surface area contributed by atoms with Gasteiger partial charge in [0, 0.05) is 13.5 Å². The lowest BCUT2D eigenvalue weighted by atomic mass is 9.73. The summed E-state index contributed by atoms with van der Waals surface area (Å²) in [5.41, 5.74) is 1.22. The minimum absolute atomic E-state index is 0.321. The van der Waals surface area contributed by atoms with Crippen LogP contribution in [0.4, 0.5) is 0 Å². The quantitative estimate of drug-likeness (QED) is 0.662. The molecule has 74 valence electrons. The van der Waals surface area contributed by atoms with Crippen molar-refractivity contribution in [2.24, 2.45) is 0 Å². The fourth-order valence-corrected chi connectivity index (χ4v) is 1.94. The molecule has 0 bridgehead atoms. The van der Waals surface area contributed by atoms with E-state index in [1.54, 1.807) is 0 Å². The number of carbonyl (C=O) groups excluding carboxylic acids is 1. The number of esters is 1. The Labute approximate surface area is 82.6 Å². The Morgan fingerprint density at radius 2 is 2.07 bits per heavy atom. The van der Waals surface area contributed by atoms with Gasteiger partial charge in [0.2, 0.25) is 0 Å². The summed E-state index contributed by atoms with van der Waals surface area (Å²) in [5, 5.41) is 0. The Bertz CT molecular complexity index is 373. The molecule has 0 fully saturated rings. The first-order chi connectivity index (χ1) is 6.74. The van der Waals surface area contributed by atoms with E-state index in [0.717, 1.165) is 11.1 Å². The number of ether oxygens (including phenoxy) is 2. The molecular formula is C11H12O3. The molecule has 1 aromatic carbocycles. The summed E-state index contributed by atoms with van der Waals surface area (Å²) in [7, 11) is 2.91. The monoisotopic (exact) mass is 192 g/mol. The normalized spacial score (nSPS) is 23.6. The molecule has 2 rings (SSSR count). The lowest BCUT2D eigenvalue weighted by Gasteiger charge is -2.39. The summed E-state index contributed by atoms with van der Waals surface area (Å²) < 4.78 is 10.0. The van der Waals surface area contributed by atoms with Crippen molar-refractivity contribution in [2.75, 3.05) is 14.2 Å². The molecule has 1 atom stereocenters. The van der Waals surface area contributed by atoms with Gasteiger partial charge in [-0.05, 0) is 11.1 Å². The highest BCUT2D eigenvalue weighted by molar-refractivity contribution is 5.85. The van der Waals surface area contributed by atoms with Crippen LogP contribution in [0.1, 0.15) is 11.1 Å². The fourth-order valence-electron chi connectivity index (χ4n) is 1.94. The van der Waals surface area contributed by atoms with Gasteiger partial charge < -0.3 is 9.47 Å². The molecule has 0 spiro atoms. The molecule has 0 radical (unpaired) electrons. The fraction of sp³-hybridized carbons (Fsp3) is 0.364. The number of methoxy groups -OCH3 is 2. The summed E-state index contributed by atoms with van der Waals surface area (Å²) in [6, 6.07) is 7.75. The second kappa shape index (κ2) is 3.10. The van der Waals surface area contributed by atoms with Gasteiger partial charge in [-0.25, -0.2) is 4.79 Å². The third-order valence-corrected chi connectivity index (χ3v) is 2.76. The third kappa shape index (κ3) is 0.990. The van der Waals surface area contributed by atoms with Gasteiger partial charge in [-0.3, -0.25) is 0 Å². The first kappa shape index (κ1) is 9.21. The van der Waals surface area contributed by atoms with E-state index in [0.29, 0.717) is 6.42 Å². The van der Waals surface area contributed by atoms with Crippen LogP contribution in [-0.2, 0) is 26.3 Å². The van der Waals surface area contributed by atoms with E-state index < -0.39 is 5.60 Å². The van der Waals surface area contributed by atoms with Crippen LogP contribution in [0.25, 0.3) is 0 Å². The average Bonchev–Trinajstić information content (AvgIpc) is 2.20. The molecule has 1 aliphatic rings. The summed E-state index contributed by atoms with van der Waals surface area (Å²) in [6.07, 6.45) is 0.604. The number of carbonyl (C=O) groups is 1. The molecule has 3 heteroatoms. The SMILES string of the molecule is COC(=O)C1(OC)Cc2ccccc21. The first-order valence-electron chi connectivity index (χ1n) is 4.46. The van der Waals surface area contributed by atoms with Gasteiger partial charge >= 0.3 is 5.97 Å². The number of hydrogen-bond acceptors (Lipinski definition) is 3. The zero-order chi connectivity index (χ0) is 10.2. The van der Waals surface area contributed by atoms with Crippen LogP contribution in [0.15, 0.2) is 24.3 Å². The minimum atomic E-state index is -0.856.